The third kappa shape index (κ3) is 5.31. The summed E-state index contributed by atoms with van der Waals surface area (Å²) >= 11 is 6.19. The number of thioether (sulfide) groups is 2. The second-order valence-electron chi connectivity index (χ2n) is 5.70. The number of aliphatic imine (C=N–C) groups is 1. The first-order valence-electron chi connectivity index (χ1n) is 8.41. The molecule has 1 aliphatic rings. The zero-order valence-corrected chi connectivity index (χ0v) is 18.4. The molecule has 28 heavy (non-hydrogen) atoms. The first kappa shape index (κ1) is 20.8. The first-order valence-corrected chi connectivity index (χ1v) is 11.0. The van der Waals surface area contributed by atoms with Gasteiger partial charge in [-0.3, -0.25) is 4.79 Å². The molecule has 0 aromatic heterocycles. The van der Waals surface area contributed by atoms with E-state index in [0.717, 1.165) is 37.5 Å². The molecule has 0 unspecified atom stereocenters. The van der Waals surface area contributed by atoms with Gasteiger partial charge in [0, 0.05) is 5.75 Å². The van der Waals surface area contributed by atoms with Crippen molar-refractivity contribution in [3.63, 3.8) is 0 Å². The lowest BCUT2D eigenvalue weighted by molar-refractivity contribution is -0.107. The minimum absolute atomic E-state index is 0.0638. The van der Waals surface area contributed by atoms with Crippen molar-refractivity contribution in [2.24, 2.45) is 4.99 Å². The van der Waals surface area contributed by atoms with Crippen LogP contribution >= 0.6 is 39.5 Å². The fourth-order valence-electron chi connectivity index (χ4n) is 2.43. The number of hydrogen-bond acceptors (Lipinski definition) is 6. The topological polar surface area (TPSA) is 47.9 Å². The highest BCUT2D eigenvalue weighted by atomic mass is 79.9. The molecule has 0 N–H and O–H groups in total. The molecule has 1 heterocycles. The van der Waals surface area contributed by atoms with E-state index in [9.17, 15) is 4.79 Å². The van der Waals surface area contributed by atoms with Gasteiger partial charge in [0.05, 0.1) is 11.6 Å². The van der Waals surface area contributed by atoms with Gasteiger partial charge >= 0.3 is 0 Å². The van der Waals surface area contributed by atoms with Crippen molar-refractivity contribution in [3.8, 4) is 11.5 Å². The van der Waals surface area contributed by atoms with Crippen molar-refractivity contribution < 1.29 is 14.3 Å². The number of rotatable bonds is 7. The minimum atomic E-state index is -0.0638. The molecule has 3 rings (SSSR count). The predicted molar refractivity (Wildman–Crippen MR) is 122 cm³/mol. The molecule has 0 saturated heterocycles. The van der Waals surface area contributed by atoms with Gasteiger partial charge in [0.25, 0.3) is 0 Å². The Kier molecular flexibility index (Phi) is 7.42. The SMILES string of the molecule is C=CCSC1=N/C(=C\c2cc(Br)c(OCc3ccccc3)c(OC)c2)C(=O)S1. The highest BCUT2D eigenvalue weighted by molar-refractivity contribution is 9.10. The van der Waals surface area contributed by atoms with Gasteiger partial charge in [-0.15, -0.1) is 6.58 Å². The van der Waals surface area contributed by atoms with E-state index in [4.69, 9.17) is 9.47 Å². The number of carbonyl (C=O) groups is 1. The van der Waals surface area contributed by atoms with Crippen LogP contribution in [0.1, 0.15) is 11.1 Å². The molecular weight excluding hydrogens is 458 g/mol. The highest BCUT2D eigenvalue weighted by Crippen LogP contribution is 2.38. The predicted octanol–water partition coefficient (Wildman–Crippen LogP) is 5.93. The van der Waals surface area contributed by atoms with Gasteiger partial charge in [-0.2, -0.15) is 0 Å². The van der Waals surface area contributed by atoms with Gasteiger partial charge in [0.15, 0.2) is 11.5 Å². The molecule has 0 amide bonds. The summed E-state index contributed by atoms with van der Waals surface area (Å²) in [6.07, 6.45) is 3.54. The molecule has 0 spiro atoms. The monoisotopic (exact) mass is 475 g/mol. The summed E-state index contributed by atoms with van der Waals surface area (Å²) in [6.45, 7) is 4.11. The molecule has 0 radical (unpaired) electrons. The van der Waals surface area contributed by atoms with Gasteiger partial charge in [-0.1, -0.05) is 48.2 Å². The van der Waals surface area contributed by atoms with Crippen LogP contribution in [-0.2, 0) is 11.4 Å². The van der Waals surface area contributed by atoms with Crippen LogP contribution in [-0.4, -0.2) is 22.4 Å². The summed E-state index contributed by atoms with van der Waals surface area (Å²) in [5, 5.41) is -0.0638. The zero-order chi connectivity index (χ0) is 19.9. The Hall–Kier alpha value is -1.96. The molecule has 4 nitrogen and oxygen atoms in total. The Morgan fingerprint density at radius 2 is 2.07 bits per heavy atom. The van der Waals surface area contributed by atoms with E-state index in [-0.39, 0.29) is 5.12 Å². The quantitative estimate of drug-likeness (QED) is 0.367. The number of halogens is 1. The van der Waals surface area contributed by atoms with Crippen LogP contribution < -0.4 is 9.47 Å². The van der Waals surface area contributed by atoms with Crippen LogP contribution in [0.2, 0.25) is 0 Å². The van der Waals surface area contributed by atoms with Gasteiger partial charge in [0.2, 0.25) is 5.12 Å². The van der Waals surface area contributed by atoms with Crippen molar-refractivity contribution >= 4 is 55.0 Å². The van der Waals surface area contributed by atoms with Gasteiger partial charge in [-0.05, 0) is 57.0 Å². The summed E-state index contributed by atoms with van der Waals surface area (Å²) in [4.78, 5) is 16.6. The molecule has 0 aliphatic carbocycles. The minimum Gasteiger partial charge on any atom is -0.493 e. The smallest absolute Gasteiger partial charge is 0.244 e. The van der Waals surface area contributed by atoms with E-state index < -0.39 is 0 Å². The maximum Gasteiger partial charge on any atom is 0.244 e. The summed E-state index contributed by atoms with van der Waals surface area (Å²) in [6, 6.07) is 13.6. The van der Waals surface area contributed by atoms with Crippen LogP contribution in [0.15, 0.2) is 70.3 Å². The lowest BCUT2D eigenvalue weighted by Crippen LogP contribution is -1.99. The lowest BCUT2D eigenvalue weighted by Gasteiger charge is -2.13. The molecular formula is C21H18BrNO3S2. The molecule has 144 valence electrons. The maximum absolute atomic E-state index is 12.2. The van der Waals surface area contributed by atoms with Crippen LogP contribution in [0.5, 0.6) is 11.5 Å². The molecule has 0 fully saturated rings. The van der Waals surface area contributed by atoms with Crippen molar-refractivity contribution in [1.82, 2.24) is 0 Å². The van der Waals surface area contributed by atoms with Gasteiger partial charge < -0.3 is 9.47 Å². The molecule has 0 bridgehead atoms. The summed E-state index contributed by atoms with van der Waals surface area (Å²) in [5.41, 5.74) is 2.29. The Labute approximate surface area is 181 Å². The molecule has 2 aromatic carbocycles. The summed E-state index contributed by atoms with van der Waals surface area (Å²) in [7, 11) is 1.59. The number of benzene rings is 2. The molecule has 0 atom stereocenters. The van der Waals surface area contributed by atoms with Crippen LogP contribution in [0, 0.1) is 0 Å². The fraction of sp³-hybridized carbons (Fsp3) is 0.143. The van der Waals surface area contributed by atoms with E-state index in [1.807, 2.05) is 42.5 Å². The average Bonchev–Trinajstić information content (AvgIpc) is 3.05. The van der Waals surface area contributed by atoms with Gasteiger partial charge in [-0.25, -0.2) is 4.99 Å². The van der Waals surface area contributed by atoms with E-state index in [0.29, 0.717) is 23.8 Å². The van der Waals surface area contributed by atoms with Crippen LogP contribution in [0.3, 0.4) is 0 Å². The number of carbonyl (C=O) groups excluding carboxylic acids is 1. The Bertz CT molecular complexity index is 942. The van der Waals surface area contributed by atoms with E-state index >= 15 is 0 Å². The largest absolute Gasteiger partial charge is 0.493 e. The molecule has 1 aliphatic heterocycles. The van der Waals surface area contributed by atoms with Crippen LogP contribution in [0.4, 0.5) is 0 Å². The summed E-state index contributed by atoms with van der Waals surface area (Å²) < 4.78 is 12.9. The number of hydrogen-bond donors (Lipinski definition) is 0. The van der Waals surface area contributed by atoms with Crippen molar-refractivity contribution in [3.05, 3.63) is 76.4 Å². The second-order valence-corrected chi connectivity index (χ2v) is 8.79. The van der Waals surface area contributed by atoms with Crippen molar-refractivity contribution in [2.75, 3.05) is 12.9 Å². The lowest BCUT2D eigenvalue weighted by atomic mass is 10.1. The third-order valence-corrected chi connectivity index (χ3v) is 6.30. The highest BCUT2D eigenvalue weighted by Gasteiger charge is 2.22. The molecule has 2 aromatic rings. The Morgan fingerprint density at radius 1 is 1.29 bits per heavy atom. The van der Waals surface area contributed by atoms with Crippen molar-refractivity contribution in [2.45, 2.75) is 6.61 Å². The third-order valence-electron chi connectivity index (χ3n) is 3.71. The first-order chi connectivity index (χ1) is 13.6. The van der Waals surface area contributed by atoms with Crippen molar-refractivity contribution in [1.29, 1.82) is 0 Å². The van der Waals surface area contributed by atoms with E-state index in [1.54, 1.807) is 19.3 Å². The van der Waals surface area contributed by atoms with Crippen LogP contribution in [0.25, 0.3) is 6.08 Å². The van der Waals surface area contributed by atoms with E-state index in [2.05, 4.69) is 27.5 Å². The second kappa shape index (κ2) is 10.0. The van der Waals surface area contributed by atoms with Gasteiger partial charge in [0.1, 0.15) is 16.7 Å². The molecule has 7 heteroatoms. The number of nitrogens with zero attached hydrogens (tertiary/aromatic N) is 1. The Morgan fingerprint density at radius 3 is 2.79 bits per heavy atom. The number of methoxy groups -OCH3 is 1. The Balaban J connectivity index is 1.82. The van der Waals surface area contributed by atoms with E-state index in [1.165, 1.54) is 11.8 Å². The fourth-order valence-corrected chi connectivity index (χ4v) is 4.61. The standard InChI is InChI=1S/C21H18BrNO3S2/c1-3-9-27-21-23-17(20(24)28-21)11-15-10-16(22)19(18(12-15)25-2)26-13-14-7-5-4-6-8-14/h3-8,10-12H,1,9,13H2,2H3/b17-11-. The summed E-state index contributed by atoms with van der Waals surface area (Å²) in [5.74, 6) is 1.92. The maximum atomic E-state index is 12.2. The zero-order valence-electron chi connectivity index (χ0n) is 15.2. The normalized spacial score (nSPS) is 14.9. The molecule has 0 saturated carbocycles. The average molecular weight is 476 g/mol. The number of ether oxygens (including phenoxy) is 2.